The zero-order valence-corrected chi connectivity index (χ0v) is 10.8. The number of carbonyl (C=O) groups is 1. The second-order valence-electron chi connectivity index (χ2n) is 4.41. The van der Waals surface area contributed by atoms with Crippen molar-refractivity contribution >= 4 is 11.6 Å². The number of benzene rings is 1. The number of amides is 1. The topological polar surface area (TPSA) is 66.6 Å². The Morgan fingerprint density at radius 3 is 2.35 bits per heavy atom. The van der Waals surface area contributed by atoms with E-state index < -0.39 is 6.04 Å². The first-order valence-corrected chi connectivity index (χ1v) is 5.60. The predicted octanol–water partition coefficient (Wildman–Crippen LogP) is 0.894. The summed E-state index contributed by atoms with van der Waals surface area (Å²) in [6.07, 6.45) is 0. The molecule has 0 saturated heterocycles. The zero-order valence-electron chi connectivity index (χ0n) is 10.8. The van der Waals surface area contributed by atoms with Crippen LogP contribution in [0, 0.1) is 20.8 Å². The molecule has 0 heterocycles. The summed E-state index contributed by atoms with van der Waals surface area (Å²) in [5.74, 6) is -0.279. The second-order valence-corrected chi connectivity index (χ2v) is 4.41. The Bertz CT molecular complexity index is 430. The molecule has 0 saturated carbocycles. The Balaban J connectivity index is 3.08. The van der Waals surface area contributed by atoms with Gasteiger partial charge < -0.3 is 15.7 Å². The molecule has 1 rings (SSSR count). The summed E-state index contributed by atoms with van der Waals surface area (Å²) >= 11 is 0. The number of rotatable bonds is 3. The number of hydrogen-bond acceptors (Lipinski definition) is 3. The number of anilines is 1. The van der Waals surface area contributed by atoms with Gasteiger partial charge in [-0.3, -0.25) is 4.79 Å². The summed E-state index contributed by atoms with van der Waals surface area (Å²) < 4.78 is 0. The molecule has 0 aliphatic rings. The monoisotopic (exact) mass is 236 g/mol. The van der Waals surface area contributed by atoms with E-state index in [1.807, 2.05) is 32.9 Å². The first-order valence-electron chi connectivity index (χ1n) is 5.60. The third-order valence-electron chi connectivity index (χ3n) is 3.02. The molecule has 1 unspecified atom stereocenters. The quantitative estimate of drug-likeness (QED) is 0.819. The molecule has 1 aromatic rings. The van der Waals surface area contributed by atoms with Crippen LogP contribution in [-0.4, -0.2) is 30.7 Å². The minimum Gasteiger partial charge on any atom is -0.394 e. The summed E-state index contributed by atoms with van der Waals surface area (Å²) in [5.41, 5.74) is 9.71. The van der Waals surface area contributed by atoms with Crippen LogP contribution in [-0.2, 0) is 4.79 Å². The molecule has 94 valence electrons. The largest absolute Gasteiger partial charge is 0.394 e. The normalized spacial score (nSPS) is 12.4. The minimum atomic E-state index is -0.860. The summed E-state index contributed by atoms with van der Waals surface area (Å²) in [5, 5.41) is 8.90. The first kappa shape index (κ1) is 13.7. The van der Waals surface area contributed by atoms with E-state index in [2.05, 4.69) is 0 Å². The summed E-state index contributed by atoms with van der Waals surface area (Å²) in [7, 11) is 1.68. The molecule has 1 amide bonds. The van der Waals surface area contributed by atoms with E-state index in [-0.39, 0.29) is 12.5 Å². The fraction of sp³-hybridized carbons (Fsp3) is 0.462. The molecular weight excluding hydrogens is 216 g/mol. The number of aryl methyl sites for hydroxylation is 3. The van der Waals surface area contributed by atoms with Gasteiger partial charge in [0.2, 0.25) is 5.91 Å². The lowest BCUT2D eigenvalue weighted by Gasteiger charge is -2.23. The number of aliphatic hydroxyl groups is 1. The van der Waals surface area contributed by atoms with Gasteiger partial charge in [0.15, 0.2) is 0 Å². The highest BCUT2D eigenvalue weighted by Crippen LogP contribution is 2.23. The molecular formula is C13H20N2O2. The van der Waals surface area contributed by atoms with Crippen molar-refractivity contribution in [3.63, 3.8) is 0 Å². The molecule has 1 atom stereocenters. The number of likely N-dealkylation sites (N-methyl/N-ethyl adjacent to an activating group) is 1. The lowest BCUT2D eigenvalue weighted by molar-refractivity contribution is -0.120. The van der Waals surface area contributed by atoms with Crippen molar-refractivity contribution in [1.82, 2.24) is 0 Å². The molecule has 0 aliphatic carbocycles. The third kappa shape index (κ3) is 2.84. The SMILES string of the molecule is Cc1cc(C)c(N(C)C(=O)C(N)CO)cc1C. The van der Waals surface area contributed by atoms with E-state index in [1.165, 1.54) is 10.5 Å². The van der Waals surface area contributed by atoms with Gasteiger partial charge in [-0.2, -0.15) is 0 Å². The molecule has 0 aliphatic heterocycles. The molecule has 1 aromatic carbocycles. The van der Waals surface area contributed by atoms with Gasteiger partial charge in [-0.05, 0) is 43.5 Å². The second kappa shape index (κ2) is 5.29. The van der Waals surface area contributed by atoms with Crippen molar-refractivity contribution in [3.8, 4) is 0 Å². The van der Waals surface area contributed by atoms with Gasteiger partial charge in [0.25, 0.3) is 0 Å². The predicted molar refractivity (Wildman–Crippen MR) is 69.1 cm³/mol. The van der Waals surface area contributed by atoms with Gasteiger partial charge in [-0.25, -0.2) is 0 Å². The van der Waals surface area contributed by atoms with Crippen molar-refractivity contribution in [2.24, 2.45) is 5.73 Å². The Morgan fingerprint density at radius 1 is 1.29 bits per heavy atom. The average molecular weight is 236 g/mol. The first-order chi connectivity index (χ1) is 7.88. The molecule has 0 spiro atoms. The van der Waals surface area contributed by atoms with Gasteiger partial charge in [-0.15, -0.1) is 0 Å². The van der Waals surface area contributed by atoms with Crippen molar-refractivity contribution in [1.29, 1.82) is 0 Å². The molecule has 17 heavy (non-hydrogen) atoms. The maximum absolute atomic E-state index is 11.9. The lowest BCUT2D eigenvalue weighted by atomic mass is 10.0. The van der Waals surface area contributed by atoms with Crippen LogP contribution in [0.5, 0.6) is 0 Å². The van der Waals surface area contributed by atoms with Crippen LogP contribution in [0.2, 0.25) is 0 Å². The van der Waals surface area contributed by atoms with Gasteiger partial charge >= 0.3 is 0 Å². The van der Waals surface area contributed by atoms with Crippen LogP contribution in [0.4, 0.5) is 5.69 Å². The van der Waals surface area contributed by atoms with Crippen LogP contribution < -0.4 is 10.6 Å². The van der Waals surface area contributed by atoms with Crippen molar-refractivity contribution in [3.05, 3.63) is 28.8 Å². The van der Waals surface area contributed by atoms with E-state index in [0.29, 0.717) is 0 Å². The van der Waals surface area contributed by atoms with E-state index >= 15 is 0 Å². The third-order valence-corrected chi connectivity index (χ3v) is 3.02. The number of nitrogens with two attached hydrogens (primary N) is 1. The minimum absolute atomic E-state index is 0.279. The Morgan fingerprint density at radius 2 is 1.82 bits per heavy atom. The molecule has 4 nitrogen and oxygen atoms in total. The summed E-state index contributed by atoms with van der Waals surface area (Å²) in [6.45, 7) is 5.65. The highest BCUT2D eigenvalue weighted by molar-refractivity contribution is 5.97. The van der Waals surface area contributed by atoms with E-state index in [4.69, 9.17) is 10.8 Å². The lowest BCUT2D eigenvalue weighted by Crippen LogP contribution is -2.44. The van der Waals surface area contributed by atoms with Crippen molar-refractivity contribution < 1.29 is 9.90 Å². The van der Waals surface area contributed by atoms with E-state index in [1.54, 1.807) is 7.05 Å². The van der Waals surface area contributed by atoms with Gasteiger partial charge in [0.05, 0.1) is 6.61 Å². The van der Waals surface area contributed by atoms with Gasteiger partial charge in [-0.1, -0.05) is 6.07 Å². The van der Waals surface area contributed by atoms with E-state index in [9.17, 15) is 4.79 Å². The molecule has 0 fully saturated rings. The fourth-order valence-corrected chi connectivity index (χ4v) is 1.75. The smallest absolute Gasteiger partial charge is 0.246 e. The number of aliphatic hydroxyl groups excluding tert-OH is 1. The maximum Gasteiger partial charge on any atom is 0.246 e. The van der Waals surface area contributed by atoms with Gasteiger partial charge in [0, 0.05) is 12.7 Å². The molecule has 4 heteroatoms. The van der Waals surface area contributed by atoms with Crippen molar-refractivity contribution in [2.75, 3.05) is 18.6 Å². The molecule has 3 N–H and O–H groups in total. The molecule has 0 bridgehead atoms. The number of carbonyl (C=O) groups excluding carboxylic acids is 1. The van der Waals surface area contributed by atoms with Crippen LogP contribution in [0.3, 0.4) is 0 Å². The van der Waals surface area contributed by atoms with Crippen LogP contribution in [0.25, 0.3) is 0 Å². The van der Waals surface area contributed by atoms with Gasteiger partial charge in [0.1, 0.15) is 6.04 Å². The van der Waals surface area contributed by atoms with Crippen LogP contribution in [0.15, 0.2) is 12.1 Å². The highest BCUT2D eigenvalue weighted by Gasteiger charge is 2.19. The number of nitrogens with zero attached hydrogens (tertiary/aromatic N) is 1. The maximum atomic E-state index is 11.9. The van der Waals surface area contributed by atoms with E-state index in [0.717, 1.165) is 16.8 Å². The van der Waals surface area contributed by atoms with Crippen LogP contribution >= 0.6 is 0 Å². The van der Waals surface area contributed by atoms with Crippen LogP contribution in [0.1, 0.15) is 16.7 Å². The van der Waals surface area contributed by atoms with Crippen molar-refractivity contribution in [2.45, 2.75) is 26.8 Å². The highest BCUT2D eigenvalue weighted by atomic mass is 16.3. The average Bonchev–Trinajstić information content (AvgIpc) is 2.31. The Kier molecular flexibility index (Phi) is 4.26. The zero-order chi connectivity index (χ0) is 13.2. The standard InChI is InChI=1S/C13H20N2O2/c1-8-5-10(3)12(6-9(8)2)15(4)13(17)11(14)7-16/h5-6,11,16H,7,14H2,1-4H3. The Hall–Kier alpha value is -1.39. The summed E-state index contributed by atoms with van der Waals surface area (Å²) in [4.78, 5) is 13.4. The Labute approximate surface area is 102 Å². The number of hydrogen-bond donors (Lipinski definition) is 2. The fourth-order valence-electron chi connectivity index (χ4n) is 1.75. The molecule has 0 radical (unpaired) electrons. The molecule has 0 aromatic heterocycles. The summed E-state index contributed by atoms with van der Waals surface area (Å²) in [6, 6.07) is 3.15.